The third-order valence-corrected chi connectivity index (χ3v) is 3.22. The van der Waals surface area contributed by atoms with Crippen molar-refractivity contribution in [2.24, 2.45) is 0 Å². The second-order valence-electron chi connectivity index (χ2n) is 4.55. The molecule has 0 aliphatic carbocycles. The molecule has 0 saturated carbocycles. The summed E-state index contributed by atoms with van der Waals surface area (Å²) < 4.78 is 40.4. The van der Waals surface area contributed by atoms with Crippen molar-refractivity contribution in [2.45, 2.75) is 12.3 Å². The number of rotatable bonds is 4. The Morgan fingerprint density at radius 3 is 2.33 bits per heavy atom. The molecule has 0 unspecified atom stereocenters. The summed E-state index contributed by atoms with van der Waals surface area (Å²) in [5, 5.41) is 3.18. The smallest absolute Gasteiger partial charge is 0.274 e. The maximum Gasteiger partial charge on any atom is 0.274 e. The van der Waals surface area contributed by atoms with Gasteiger partial charge in [-0.2, -0.15) is 0 Å². The molecular weight excluding hydrogens is 241 g/mol. The molecule has 1 fully saturated rings. The van der Waals surface area contributed by atoms with Gasteiger partial charge in [-0.15, -0.1) is 0 Å². The average Bonchev–Trinajstić information content (AvgIpc) is 2.38. The normalized spacial score (nSPS) is 17.9. The number of alkyl halides is 2. The van der Waals surface area contributed by atoms with Crippen LogP contribution in [-0.2, 0) is 5.92 Å². The van der Waals surface area contributed by atoms with Crippen molar-refractivity contribution in [3.63, 3.8) is 0 Å². The van der Waals surface area contributed by atoms with Crippen molar-refractivity contribution >= 4 is 0 Å². The van der Waals surface area contributed by atoms with E-state index in [9.17, 15) is 13.2 Å². The summed E-state index contributed by atoms with van der Waals surface area (Å²) in [4.78, 5) is 2.02. The lowest BCUT2D eigenvalue weighted by molar-refractivity contribution is -0.0226. The van der Waals surface area contributed by atoms with E-state index >= 15 is 0 Å². The molecule has 1 aliphatic heterocycles. The van der Waals surface area contributed by atoms with Crippen LogP contribution in [0.5, 0.6) is 0 Å². The first kappa shape index (κ1) is 13.4. The quantitative estimate of drug-likeness (QED) is 0.890. The number of halogens is 3. The molecule has 0 radical (unpaired) electrons. The summed E-state index contributed by atoms with van der Waals surface area (Å²) in [5.74, 6) is -3.38. The lowest BCUT2D eigenvalue weighted by Gasteiger charge is -2.28. The highest BCUT2D eigenvalue weighted by atomic mass is 19.3. The molecular formula is C13H17F3N2. The van der Waals surface area contributed by atoms with E-state index in [1.54, 1.807) is 0 Å². The van der Waals surface area contributed by atoms with Gasteiger partial charge in [-0.1, -0.05) is 12.1 Å². The molecule has 0 bridgehead atoms. The van der Waals surface area contributed by atoms with Gasteiger partial charge in [0, 0.05) is 44.7 Å². The van der Waals surface area contributed by atoms with Crippen molar-refractivity contribution in [2.75, 3.05) is 32.7 Å². The van der Waals surface area contributed by atoms with Gasteiger partial charge in [-0.3, -0.25) is 0 Å². The Morgan fingerprint density at radius 2 is 1.72 bits per heavy atom. The summed E-state index contributed by atoms with van der Waals surface area (Å²) in [7, 11) is 0. The number of piperazine rings is 1. The van der Waals surface area contributed by atoms with E-state index in [4.69, 9.17) is 0 Å². The van der Waals surface area contributed by atoms with Crippen LogP contribution in [0.2, 0.25) is 0 Å². The first-order valence-electron chi connectivity index (χ1n) is 6.15. The molecule has 0 spiro atoms. The Kier molecular flexibility index (Phi) is 4.24. The summed E-state index contributed by atoms with van der Waals surface area (Å²) in [5.41, 5.74) is -0.112. The molecule has 0 atom stereocenters. The molecule has 2 rings (SSSR count). The van der Waals surface area contributed by atoms with E-state index in [-0.39, 0.29) is 12.0 Å². The van der Waals surface area contributed by atoms with Gasteiger partial charge >= 0.3 is 0 Å². The second kappa shape index (κ2) is 5.71. The van der Waals surface area contributed by atoms with Crippen LogP contribution in [0.15, 0.2) is 24.3 Å². The molecule has 1 N–H and O–H groups in total. The number of hydrogen-bond donors (Lipinski definition) is 1. The average molecular weight is 258 g/mol. The molecule has 0 amide bonds. The number of hydrogen-bond acceptors (Lipinski definition) is 2. The monoisotopic (exact) mass is 258 g/mol. The van der Waals surface area contributed by atoms with Crippen molar-refractivity contribution in [1.29, 1.82) is 0 Å². The molecule has 1 aromatic rings. The first-order chi connectivity index (χ1) is 8.58. The SMILES string of the molecule is Fc1ccc(C(F)(F)CCN2CCNCC2)cc1. The third-order valence-electron chi connectivity index (χ3n) is 3.22. The predicted octanol–water partition coefficient (Wildman–Crippen LogP) is 2.21. The number of nitrogens with zero attached hydrogens (tertiary/aromatic N) is 1. The maximum absolute atomic E-state index is 13.9. The highest BCUT2D eigenvalue weighted by Gasteiger charge is 2.31. The topological polar surface area (TPSA) is 15.3 Å². The molecule has 5 heteroatoms. The van der Waals surface area contributed by atoms with E-state index in [1.165, 1.54) is 0 Å². The fourth-order valence-electron chi connectivity index (χ4n) is 2.07. The van der Waals surface area contributed by atoms with Crippen LogP contribution in [0.3, 0.4) is 0 Å². The van der Waals surface area contributed by atoms with Crippen LogP contribution in [0.25, 0.3) is 0 Å². The number of benzene rings is 1. The zero-order valence-corrected chi connectivity index (χ0v) is 10.1. The Bertz CT molecular complexity index is 372. The standard InChI is InChI=1S/C13H17F3N2/c14-12-3-1-11(2-4-12)13(15,16)5-8-18-9-6-17-7-10-18/h1-4,17H,5-10H2. The van der Waals surface area contributed by atoms with E-state index < -0.39 is 11.7 Å². The fourth-order valence-corrected chi connectivity index (χ4v) is 2.07. The van der Waals surface area contributed by atoms with Gasteiger partial charge in [-0.05, 0) is 12.1 Å². The molecule has 1 heterocycles. The van der Waals surface area contributed by atoms with Gasteiger partial charge in [0.2, 0.25) is 0 Å². The highest BCUT2D eigenvalue weighted by molar-refractivity contribution is 5.20. The van der Waals surface area contributed by atoms with Crippen LogP contribution in [-0.4, -0.2) is 37.6 Å². The van der Waals surface area contributed by atoms with Gasteiger partial charge < -0.3 is 10.2 Å². The minimum atomic E-state index is -2.89. The van der Waals surface area contributed by atoms with E-state index in [1.807, 2.05) is 4.90 Å². The van der Waals surface area contributed by atoms with Crippen LogP contribution in [0.4, 0.5) is 13.2 Å². The van der Waals surface area contributed by atoms with E-state index in [0.717, 1.165) is 50.4 Å². The lowest BCUT2D eigenvalue weighted by Crippen LogP contribution is -2.44. The van der Waals surface area contributed by atoms with Gasteiger partial charge in [0.25, 0.3) is 5.92 Å². The second-order valence-corrected chi connectivity index (χ2v) is 4.55. The summed E-state index contributed by atoms with van der Waals surface area (Å²) >= 11 is 0. The molecule has 1 aromatic carbocycles. The van der Waals surface area contributed by atoms with Crippen molar-refractivity contribution in [1.82, 2.24) is 10.2 Å². The Balaban J connectivity index is 1.91. The van der Waals surface area contributed by atoms with Gasteiger partial charge in [0.15, 0.2) is 0 Å². The minimum absolute atomic E-state index is 0.112. The summed E-state index contributed by atoms with van der Waals surface area (Å²) in [6.45, 7) is 3.68. The van der Waals surface area contributed by atoms with Crippen molar-refractivity contribution in [3.05, 3.63) is 35.6 Å². The van der Waals surface area contributed by atoms with Gasteiger partial charge in [0.1, 0.15) is 5.82 Å². The predicted molar refractivity (Wildman–Crippen MR) is 64.2 cm³/mol. The van der Waals surface area contributed by atoms with Crippen LogP contribution in [0, 0.1) is 5.82 Å². The van der Waals surface area contributed by atoms with Gasteiger partial charge in [0.05, 0.1) is 0 Å². The van der Waals surface area contributed by atoms with Crippen LogP contribution < -0.4 is 5.32 Å². The lowest BCUT2D eigenvalue weighted by atomic mass is 10.1. The highest BCUT2D eigenvalue weighted by Crippen LogP contribution is 2.31. The molecule has 1 saturated heterocycles. The molecule has 2 nitrogen and oxygen atoms in total. The zero-order chi connectivity index (χ0) is 13.0. The van der Waals surface area contributed by atoms with E-state index in [2.05, 4.69) is 5.32 Å². The minimum Gasteiger partial charge on any atom is -0.314 e. The molecule has 1 aliphatic rings. The first-order valence-corrected chi connectivity index (χ1v) is 6.15. The molecule has 0 aromatic heterocycles. The Labute approximate surface area is 105 Å². The molecule has 18 heavy (non-hydrogen) atoms. The Hall–Kier alpha value is -1.07. The number of nitrogens with one attached hydrogen (secondary N) is 1. The van der Waals surface area contributed by atoms with Crippen LogP contribution >= 0.6 is 0 Å². The fraction of sp³-hybridized carbons (Fsp3) is 0.538. The maximum atomic E-state index is 13.9. The van der Waals surface area contributed by atoms with Crippen LogP contribution in [0.1, 0.15) is 12.0 Å². The van der Waals surface area contributed by atoms with E-state index in [0.29, 0.717) is 6.54 Å². The third kappa shape index (κ3) is 3.46. The molecule has 100 valence electrons. The van der Waals surface area contributed by atoms with Gasteiger partial charge in [-0.25, -0.2) is 13.2 Å². The largest absolute Gasteiger partial charge is 0.314 e. The summed E-state index contributed by atoms with van der Waals surface area (Å²) in [6.07, 6.45) is -0.224. The zero-order valence-electron chi connectivity index (χ0n) is 10.1. The Morgan fingerprint density at radius 1 is 1.11 bits per heavy atom. The van der Waals surface area contributed by atoms with Crippen molar-refractivity contribution < 1.29 is 13.2 Å². The summed E-state index contributed by atoms with van der Waals surface area (Å²) in [6, 6.07) is 4.47. The van der Waals surface area contributed by atoms with Crippen molar-refractivity contribution in [3.8, 4) is 0 Å².